The highest BCUT2D eigenvalue weighted by molar-refractivity contribution is 5.84. The van der Waals surface area contributed by atoms with Gasteiger partial charge in [-0.25, -0.2) is 4.79 Å². The highest BCUT2D eigenvalue weighted by Crippen LogP contribution is 2.15. The molecule has 0 spiro atoms. The Labute approximate surface area is 108 Å². The number of benzene rings is 1. The maximum Gasteiger partial charge on any atom is 0.411 e. The van der Waals surface area contributed by atoms with Gasteiger partial charge in [0.05, 0.1) is 7.11 Å². The molecule has 4 heteroatoms. The molecule has 18 heavy (non-hydrogen) atoms. The van der Waals surface area contributed by atoms with Crippen LogP contribution in [0.3, 0.4) is 0 Å². The van der Waals surface area contributed by atoms with Crippen LogP contribution >= 0.6 is 0 Å². The van der Waals surface area contributed by atoms with Crippen molar-refractivity contribution in [1.82, 2.24) is 4.90 Å². The molecule has 1 heterocycles. The zero-order chi connectivity index (χ0) is 12.8. The highest BCUT2D eigenvalue weighted by Gasteiger charge is 2.10. The van der Waals surface area contributed by atoms with E-state index in [1.54, 1.807) is 0 Å². The van der Waals surface area contributed by atoms with E-state index in [-0.39, 0.29) is 0 Å². The lowest BCUT2D eigenvalue weighted by molar-refractivity contribution is 0.187. The van der Waals surface area contributed by atoms with Crippen LogP contribution in [-0.4, -0.2) is 31.2 Å². The van der Waals surface area contributed by atoms with Crippen LogP contribution < -0.4 is 5.32 Å². The Kier molecular flexibility index (Phi) is 4.59. The van der Waals surface area contributed by atoms with Gasteiger partial charge in [-0.1, -0.05) is 18.6 Å². The Morgan fingerprint density at radius 3 is 2.50 bits per heavy atom. The first-order valence-corrected chi connectivity index (χ1v) is 6.44. The summed E-state index contributed by atoms with van der Waals surface area (Å²) < 4.78 is 4.55. The second kappa shape index (κ2) is 6.40. The largest absolute Gasteiger partial charge is 0.453 e. The van der Waals surface area contributed by atoms with Gasteiger partial charge in [-0.05, 0) is 43.6 Å². The second-order valence-electron chi connectivity index (χ2n) is 4.65. The number of carbonyl (C=O) groups excluding carboxylic acids is 1. The number of carbonyl (C=O) groups is 1. The molecule has 0 radical (unpaired) electrons. The predicted molar refractivity (Wildman–Crippen MR) is 71.6 cm³/mol. The number of amides is 1. The number of hydrogen-bond donors (Lipinski definition) is 1. The van der Waals surface area contributed by atoms with E-state index in [0.29, 0.717) is 0 Å². The molecule has 0 atom stereocenters. The molecule has 4 nitrogen and oxygen atoms in total. The summed E-state index contributed by atoms with van der Waals surface area (Å²) in [6.45, 7) is 3.39. The van der Waals surface area contributed by atoms with Crippen LogP contribution in [-0.2, 0) is 11.3 Å². The zero-order valence-electron chi connectivity index (χ0n) is 10.8. The van der Waals surface area contributed by atoms with Gasteiger partial charge in [0.15, 0.2) is 0 Å². The number of likely N-dealkylation sites (tertiary alicyclic amines) is 1. The summed E-state index contributed by atoms with van der Waals surface area (Å²) in [6.07, 6.45) is 3.54. The van der Waals surface area contributed by atoms with E-state index in [1.807, 2.05) is 12.1 Å². The molecule has 1 aromatic rings. The van der Waals surface area contributed by atoms with Crippen molar-refractivity contribution in [3.8, 4) is 0 Å². The lowest BCUT2D eigenvalue weighted by atomic mass is 10.1. The molecule has 0 aromatic heterocycles. The Hall–Kier alpha value is -1.55. The number of nitrogens with one attached hydrogen (secondary N) is 1. The molecular formula is C14H20N2O2. The summed E-state index contributed by atoms with van der Waals surface area (Å²) in [5.74, 6) is 0. The molecule has 98 valence electrons. The van der Waals surface area contributed by atoms with E-state index in [4.69, 9.17) is 0 Å². The monoisotopic (exact) mass is 248 g/mol. The Bertz CT molecular complexity index is 383. The number of ether oxygens (including phenoxy) is 1. The van der Waals surface area contributed by atoms with Gasteiger partial charge in [0.1, 0.15) is 0 Å². The van der Waals surface area contributed by atoms with Crippen LogP contribution in [0.4, 0.5) is 10.5 Å². The first-order valence-electron chi connectivity index (χ1n) is 6.44. The van der Waals surface area contributed by atoms with Crippen LogP contribution in [0.25, 0.3) is 0 Å². The molecule has 0 unspecified atom stereocenters. The highest BCUT2D eigenvalue weighted by atomic mass is 16.5. The van der Waals surface area contributed by atoms with Gasteiger partial charge in [-0.3, -0.25) is 10.2 Å². The van der Waals surface area contributed by atoms with Gasteiger partial charge in [-0.15, -0.1) is 0 Å². The number of piperidine rings is 1. The van der Waals surface area contributed by atoms with E-state index in [2.05, 4.69) is 27.1 Å². The molecule has 0 bridgehead atoms. The van der Waals surface area contributed by atoms with Gasteiger partial charge in [0.25, 0.3) is 0 Å². The van der Waals surface area contributed by atoms with Crippen molar-refractivity contribution < 1.29 is 9.53 Å². The summed E-state index contributed by atoms with van der Waals surface area (Å²) in [6, 6.07) is 7.94. The van der Waals surface area contributed by atoms with Crippen molar-refractivity contribution in [3.63, 3.8) is 0 Å². The predicted octanol–water partition coefficient (Wildman–Crippen LogP) is 2.85. The van der Waals surface area contributed by atoms with Crippen molar-refractivity contribution in [3.05, 3.63) is 29.8 Å². The quantitative estimate of drug-likeness (QED) is 0.894. The molecule has 1 aromatic carbocycles. The van der Waals surface area contributed by atoms with Gasteiger partial charge >= 0.3 is 6.09 Å². The third kappa shape index (κ3) is 3.74. The van der Waals surface area contributed by atoms with Crippen molar-refractivity contribution in [2.75, 3.05) is 25.5 Å². The van der Waals surface area contributed by atoms with Crippen molar-refractivity contribution in [1.29, 1.82) is 0 Å². The number of methoxy groups -OCH3 is 1. The third-order valence-corrected chi connectivity index (χ3v) is 3.24. The maximum atomic E-state index is 11.0. The Balaban J connectivity index is 1.88. The van der Waals surface area contributed by atoms with E-state index < -0.39 is 6.09 Å². The zero-order valence-corrected chi connectivity index (χ0v) is 10.8. The fourth-order valence-corrected chi connectivity index (χ4v) is 2.24. The van der Waals surface area contributed by atoms with Crippen LogP contribution in [0.15, 0.2) is 24.3 Å². The third-order valence-electron chi connectivity index (χ3n) is 3.24. The molecule has 1 aliphatic heterocycles. The maximum absolute atomic E-state index is 11.0. The minimum atomic E-state index is -0.432. The van der Waals surface area contributed by atoms with Gasteiger partial charge in [0.2, 0.25) is 0 Å². The molecule has 1 saturated heterocycles. The molecule has 1 fully saturated rings. The molecule has 1 amide bonds. The molecule has 1 N–H and O–H groups in total. The minimum Gasteiger partial charge on any atom is -0.453 e. The SMILES string of the molecule is COC(=O)Nc1ccc(CN2CCCCC2)cc1. The standard InChI is InChI=1S/C14H20N2O2/c1-18-14(17)15-13-7-5-12(6-8-13)11-16-9-3-2-4-10-16/h5-8H,2-4,9-11H2,1H3,(H,15,17). The second-order valence-corrected chi connectivity index (χ2v) is 4.65. The smallest absolute Gasteiger partial charge is 0.411 e. The summed E-state index contributed by atoms with van der Waals surface area (Å²) in [7, 11) is 1.36. The first-order chi connectivity index (χ1) is 8.78. The van der Waals surface area contributed by atoms with Crippen molar-refractivity contribution in [2.45, 2.75) is 25.8 Å². The normalized spacial score (nSPS) is 16.3. The van der Waals surface area contributed by atoms with Gasteiger partial charge in [0, 0.05) is 12.2 Å². The van der Waals surface area contributed by atoms with Crippen LogP contribution in [0.2, 0.25) is 0 Å². The average Bonchev–Trinajstić information content (AvgIpc) is 2.42. The van der Waals surface area contributed by atoms with Crippen molar-refractivity contribution in [2.24, 2.45) is 0 Å². The Morgan fingerprint density at radius 1 is 1.22 bits per heavy atom. The molecule has 1 aliphatic rings. The molecule has 0 saturated carbocycles. The summed E-state index contributed by atoms with van der Waals surface area (Å²) in [5, 5.41) is 2.65. The van der Waals surface area contributed by atoms with Crippen LogP contribution in [0.1, 0.15) is 24.8 Å². The summed E-state index contributed by atoms with van der Waals surface area (Å²) in [4.78, 5) is 13.5. The fourth-order valence-electron chi connectivity index (χ4n) is 2.24. The average molecular weight is 248 g/mol. The van der Waals surface area contributed by atoms with Crippen molar-refractivity contribution >= 4 is 11.8 Å². The number of hydrogen-bond acceptors (Lipinski definition) is 3. The molecular weight excluding hydrogens is 228 g/mol. The van der Waals surface area contributed by atoms with E-state index in [1.165, 1.54) is 45.0 Å². The minimum absolute atomic E-state index is 0.432. The summed E-state index contributed by atoms with van der Waals surface area (Å²) >= 11 is 0. The number of anilines is 1. The fraction of sp³-hybridized carbons (Fsp3) is 0.500. The van der Waals surface area contributed by atoms with Crippen LogP contribution in [0.5, 0.6) is 0 Å². The number of rotatable bonds is 3. The molecule has 0 aliphatic carbocycles. The topological polar surface area (TPSA) is 41.6 Å². The van der Waals surface area contributed by atoms with E-state index >= 15 is 0 Å². The van der Waals surface area contributed by atoms with E-state index in [0.717, 1.165) is 12.2 Å². The number of nitrogens with zero attached hydrogens (tertiary/aromatic N) is 1. The first kappa shape index (κ1) is 12.9. The van der Waals surface area contributed by atoms with Gasteiger partial charge < -0.3 is 4.74 Å². The lowest BCUT2D eigenvalue weighted by Gasteiger charge is -2.26. The molecule has 2 rings (SSSR count). The van der Waals surface area contributed by atoms with Gasteiger partial charge in [-0.2, -0.15) is 0 Å². The van der Waals surface area contributed by atoms with Crippen LogP contribution in [0, 0.1) is 0 Å². The lowest BCUT2D eigenvalue weighted by Crippen LogP contribution is -2.29. The summed E-state index contributed by atoms with van der Waals surface area (Å²) in [5.41, 5.74) is 2.05. The van der Waals surface area contributed by atoms with E-state index in [9.17, 15) is 4.79 Å². The Morgan fingerprint density at radius 2 is 1.89 bits per heavy atom.